The number of alkyl halides is 1. The minimum absolute atomic E-state index is 0.325. The van der Waals surface area contributed by atoms with E-state index >= 15 is 0 Å². The number of benzene rings is 1. The number of unbranched alkanes of at least 4 members (excludes halogenated alkanes) is 2. The van der Waals surface area contributed by atoms with Crippen molar-refractivity contribution < 1.29 is 9.47 Å². The van der Waals surface area contributed by atoms with Gasteiger partial charge in [0.25, 0.3) is 0 Å². The Kier molecular flexibility index (Phi) is 5.98. The first-order valence-electron chi connectivity index (χ1n) is 8.04. The second kappa shape index (κ2) is 7.53. The van der Waals surface area contributed by atoms with E-state index in [9.17, 15) is 0 Å². The van der Waals surface area contributed by atoms with Gasteiger partial charge in [-0.25, -0.2) is 0 Å². The van der Waals surface area contributed by atoms with Crippen molar-refractivity contribution in [1.29, 1.82) is 0 Å². The van der Waals surface area contributed by atoms with Crippen molar-refractivity contribution in [2.75, 3.05) is 11.9 Å². The maximum absolute atomic E-state index is 6.12. The van der Waals surface area contributed by atoms with Crippen molar-refractivity contribution >= 4 is 15.9 Å². The second-order valence-corrected chi connectivity index (χ2v) is 6.87. The summed E-state index contributed by atoms with van der Waals surface area (Å²) in [7, 11) is 0. The molecule has 1 aromatic rings. The number of rotatable bonds is 6. The van der Waals surface area contributed by atoms with Gasteiger partial charge in [0.1, 0.15) is 11.5 Å². The van der Waals surface area contributed by atoms with Crippen molar-refractivity contribution in [2.45, 2.75) is 65.9 Å². The van der Waals surface area contributed by atoms with Crippen LogP contribution in [0.1, 0.15) is 54.9 Å². The summed E-state index contributed by atoms with van der Waals surface area (Å²) in [5, 5.41) is 1.08. The van der Waals surface area contributed by atoms with Crippen LogP contribution >= 0.6 is 15.9 Å². The van der Waals surface area contributed by atoms with Crippen molar-refractivity contribution in [3.63, 3.8) is 0 Å². The van der Waals surface area contributed by atoms with Crippen LogP contribution in [0.3, 0.4) is 0 Å². The van der Waals surface area contributed by atoms with Gasteiger partial charge in [0.05, 0.1) is 12.7 Å². The van der Waals surface area contributed by atoms with Crippen molar-refractivity contribution in [3.8, 4) is 11.5 Å². The summed E-state index contributed by atoms with van der Waals surface area (Å²) >= 11 is 3.47. The fraction of sp³-hybridized carbons (Fsp3) is 0.667. The van der Waals surface area contributed by atoms with E-state index in [-0.39, 0.29) is 0 Å². The lowest BCUT2D eigenvalue weighted by atomic mass is 9.92. The van der Waals surface area contributed by atoms with Crippen LogP contribution in [0, 0.1) is 20.8 Å². The van der Waals surface area contributed by atoms with Gasteiger partial charge in [0.15, 0.2) is 0 Å². The summed E-state index contributed by atoms with van der Waals surface area (Å²) in [4.78, 5) is 0. The largest absolute Gasteiger partial charge is 0.493 e. The van der Waals surface area contributed by atoms with E-state index in [2.05, 4.69) is 43.6 Å². The zero-order valence-electron chi connectivity index (χ0n) is 13.7. The number of fused-ring (bicyclic) bond motifs is 1. The molecule has 0 radical (unpaired) electrons. The first-order chi connectivity index (χ1) is 10.1. The molecule has 0 aromatic heterocycles. The third-order valence-electron chi connectivity index (χ3n) is 4.46. The Labute approximate surface area is 137 Å². The first-order valence-corrected chi connectivity index (χ1v) is 9.16. The Balaban J connectivity index is 2.17. The monoisotopic (exact) mass is 354 g/mol. The zero-order valence-corrected chi connectivity index (χ0v) is 15.3. The molecular weight excluding hydrogens is 328 g/mol. The molecule has 1 heterocycles. The zero-order chi connectivity index (χ0) is 15.4. The molecule has 118 valence electrons. The highest BCUT2D eigenvalue weighted by molar-refractivity contribution is 9.09. The van der Waals surface area contributed by atoms with E-state index in [0.29, 0.717) is 6.10 Å². The van der Waals surface area contributed by atoms with Crippen LogP contribution in [0.4, 0.5) is 0 Å². The Morgan fingerprint density at radius 1 is 1.10 bits per heavy atom. The molecule has 1 aliphatic heterocycles. The van der Waals surface area contributed by atoms with Gasteiger partial charge in [-0.15, -0.1) is 0 Å². The van der Waals surface area contributed by atoms with Gasteiger partial charge in [-0.2, -0.15) is 0 Å². The molecule has 1 atom stereocenters. The van der Waals surface area contributed by atoms with Gasteiger partial charge in [0.2, 0.25) is 0 Å². The Bertz CT molecular complexity index is 497. The fourth-order valence-electron chi connectivity index (χ4n) is 2.99. The van der Waals surface area contributed by atoms with Gasteiger partial charge in [-0.05, 0) is 76.5 Å². The van der Waals surface area contributed by atoms with Gasteiger partial charge in [-0.1, -0.05) is 15.9 Å². The van der Waals surface area contributed by atoms with E-state index in [1.807, 2.05) is 0 Å². The lowest BCUT2D eigenvalue weighted by Crippen LogP contribution is -2.21. The SMILES string of the molecule is Cc1c(C)c2c(c(C)c1OCCCCCBr)CC[C@@H](C)O2. The molecule has 0 N–H and O–H groups in total. The molecule has 3 heteroatoms. The molecular formula is C18H27BrO2. The van der Waals surface area contributed by atoms with E-state index in [1.54, 1.807) is 0 Å². The normalized spacial score (nSPS) is 17.3. The van der Waals surface area contributed by atoms with Crippen LogP contribution in [0.2, 0.25) is 0 Å². The van der Waals surface area contributed by atoms with Crippen LogP contribution in [-0.2, 0) is 6.42 Å². The van der Waals surface area contributed by atoms with Crippen LogP contribution in [0.25, 0.3) is 0 Å². The molecule has 2 nitrogen and oxygen atoms in total. The topological polar surface area (TPSA) is 18.5 Å². The molecule has 1 aromatic carbocycles. The highest BCUT2D eigenvalue weighted by atomic mass is 79.9. The lowest BCUT2D eigenvalue weighted by Gasteiger charge is -2.29. The summed E-state index contributed by atoms with van der Waals surface area (Å²) < 4.78 is 12.2. The van der Waals surface area contributed by atoms with E-state index in [0.717, 1.165) is 42.7 Å². The molecule has 2 rings (SSSR count). The predicted octanol–water partition coefficient (Wildman–Crippen LogP) is 5.27. The summed E-state index contributed by atoms with van der Waals surface area (Å²) in [5.74, 6) is 2.19. The van der Waals surface area contributed by atoms with E-state index in [1.165, 1.54) is 35.1 Å². The third-order valence-corrected chi connectivity index (χ3v) is 5.02. The maximum Gasteiger partial charge on any atom is 0.126 e. The average molecular weight is 355 g/mol. The van der Waals surface area contributed by atoms with Gasteiger partial charge in [0, 0.05) is 10.9 Å². The Morgan fingerprint density at radius 3 is 2.57 bits per heavy atom. The molecule has 0 amide bonds. The molecule has 0 unspecified atom stereocenters. The first kappa shape index (κ1) is 16.7. The highest BCUT2D eigenvalue weighted by Gasteiger charge is 2.24. The molecule has 0 saturated carbocycles. The highest BCUT2D eigenvalue weighted by Crippen LogP contribution is 2.41. The molecule has 0 spiro atoms. The van der Waals surface area contributed by atoms with Crippen LogP contribution in [-0.4, -0.2) is 18.0 Å². The summed E-state index contributed by atoms with van der Waals surface area (Å²) in [6, 6.07) is 0. The molecule has 0 fully saturated rings. The molecule has 0 bridgehead atoms. The van der Waals surface area contributed by atoms with Crippen LogP contribution in [0.5, 0.6) is 11.5 Å². The number of hydrogen-bond donors (Lipinski definition) is 0. The minimum atomic E-state index is 0.325. The predicted molar refractivity (Wildman–Crippen MR) is 92.2 cm³/mol. The third kappa shape index (κ3) is 3.74. The van der Waals surface area contributed by atoms with Gasteiger partial charge in [-0.3, -0.25) is 0 Å². The van der Waals surface area contributed by atoms with Gasteiger partial charge >= 0.3 is 0 Å². The average Bonchev–Trinajstić information content (AvgIpc) is 2.47. The summed E-state index contributed by atoms with van der Waals surface area (Å²) in [6.45, 7) is 9.45. The molecule has 0 saturated heterocycles. The van der Waals surface area contributed by atoms with E-state index in [4.69, 9.17) is 9.47 Å². The molecule has 0 aliphatic carbocycles. The molecule has 21 heavy (non-hydrogen) atoms. The van der Waals surface area contributed by atoms with Crippen molar-refractivity contribution in [1.82, 2.24) is 0 Å². The standard InChI is InChI=1S/C18H27BrO2/c1-12-8-9-16-15(4)17(20-11-7-5-6-10-19)13(2)14(3)18(16)21-12/h12H,5-11H2,1-4H3/t12-/m1/s1. The van der Waals surface area contributed by atoms with Gasteiger partial charge < -0.3 is 9.47 Å². The number of hydrogen-bond acceptors (Lipinski definition) is 2. The summed E-state index contributed by atoms with van der Waals surface area (Å²) in [6.07, 6.45) is 6.08. The smallest absolute Gasteiger partial charge is 0.126 e. The van der Waals surface area contributed by atoms with Crippen LogP contribution in [0.15, 0.2) is 0 Å². The van der Waals surface area contributed by atoms with E-state index < -0.39 is 0 Å². The van der Waals surface area contributed by atoms with Crippen molar-refractivity contribution in [2.24, 2.45) is 0 Å². The van der Waals surface area contributed by atoms with Crippen LogP contribution < -0.4 is 9.47 Å². The molecule has 1 aliphatic rings. The number of ether oxygens (including phenoxy) is 2. The Morgan fingerprint density at radius 2 is 1.86 bits per heavy atom. The summed E-state index contributed by atoms with van der Waals surface area (Å²) in [5.41, 5.74) is 5.12. The lowest BCUT2D eigenvalue weighted by molar-refractivity contribution is 0.189. The second-order valence-electron chi connectivity index (χ2n) is 6.08. The van der Waals surface area contributed by atoms with Crippen molar-refractivity contribution in [3.05, 3.63) is 22.3 Å². The Hall–Kier alpha value is -0.700. The minimum Gasteiger partial charge on any atom is -0.493 e. The number of halogens is 1. The maximum atomic E-state index is 6.12. The fourth-order valence-corrected chi connectivity index (χ4v) is 3.38. The quantitative estimate of drug-likeness (QED) is 0.511.